The zero-order valence-electron chi connectivity index (χ0n) is 9.47. The van der Waals surface area contributed by atoms with Crippen LogP contribution >= 0.6 is 0 Å². The van der Waals surface area contributed by atoms with E-state index >= 15 is 0 Å². The number of amides is 1. The molecule has 1 amide bonds. The number of nitrogens with one attached hydrogen (secondary N) is 1. The number of aromatic nitrogens is 1. The molecule has 0 fully saturated rings. The SMILES string of the molecule is CC(=O)NCCCOc1ccc(C(=O)O)cn1. The summed E-state index contributed by atoms with van der Waals surface area (Å²) in [6, 6.07) is 2.93. The third-order valence-electron chi connectivity index (χ3n) is 1.93. The van der Waals surface area contributed by atoms with Crippen LogP contribution in [0.2, 0.25) is 0 Å². The third kappa shape index (κ3) is 4.96. The van der Waals surface area contributed by atoms with Crippen molar-refractivity contribution < 1.29 is 19.4 Å². The summed E-state index contributed by atoms with van der Waals surface area (Å²) in [5.41, 5.74) is 0.121. The van der Waals surface area contributed by atoms with Gasteiger partial charge in [-0.15, -0.1) is 0 Å². The monoisotopic (exact) mass is 238 g/mol. The second kappa shape index (κ2) is 6.47. The summed E-state index contributed by atoms with van der Waals surface area (Å²) >= 11 is 0. The lowest BCUT2D eigenvalue weighted by molar-refractivity contribution is -0.118. The van der Waals surface area contributed by atoms with Gasteiger partial charge in [0, 0.05) is 25.7 Å². The second-order valence-corrected chi connectivity index (χ2v) is 3.38. The van der Waals surface area contributed by atoms with Crippen LogP contribution in [0.1, 0.15) is 23.7 Å². The number of ether oxygens (including phenoxy) is 1. The Balaban J connectivity index is 2.27. The highest BCUT2D eigenvalue weighted by molar-refractivity contribution is 5.87. The average Bonchev–Trinajstić information content (AvgIpc) is 2.29. The Bertz CT molecular complexity index is 389. The van der Waals surface area contributed by atoms with Crippen molar-refractivity contribution in [3.8, 4) is 5.88 Å². The number of carbonyl (C=O) groups excluding carboxylic acids is 1. The zero-order valence-corrected chi connectivity index (χ0v) is 9.47. The molecule has 1 rings (SSSR count). The normalized spacial score (nSPS) is 9.71. The minimum absolute atomic E-state index is 0.0751. The Morgan fingerprint density at radius 1 is 1.47 bits per heavy atom. The molecule has 0 aromatic carbocycles. The molecule has 0 saturated carbocycles. The van der Waals surface area contributed by atoms with Gasteiger partial charge in [0.05, 0.1) is 12.2 Å². The summed E-state index contributed by atoms with van der Waals surface area (Å²) < 4.78 is 5.27. The number of hydrogen-bond donors (Lipinski definition) is 2. The summed E-state index contributed by atoms with van der Waals surface area (Å²) in [6.07, 6.45) is 1.91. The quantitative estimate of drug-likeness (QED) is 0.711. The smallest absolute Gasteiger partial charge is 0.337 e. The Kier molecular flexibility index (Phi) is 4.93. The number of rotatable bonds is 6. The Morgan fingerprint density at radius 3 is 2.76 bits per heavy atom. The minimum atomic E-state index is -1.02. The lowest BCUT2D eigenvalue weighted by atomic mass is 10.3. The van der Waals surface area contributed by atoms with Crippen molar-refractivity contribution in [2.45, 2.75) is 13.3 Å². The molecule has 0 spiro atoms. The van der Waals surface area contributed by atoms with Gasteiger partial charge in [-0.05, 0) is 12.5 Å². The predicted octanol–water partition coefficient (Wildman–Crippen LogP) is 0.685. The largest absolute Gasteiger partial charge is 0.478 e. The fourth-order valence-corrected chi connectivity index (χ4v) is 1.11. The summed E-state index contributed by atoms with van der Waals surface area (Å²) in [6.45, 7) is 2.41. The van der Waals surface area contributed by atoms with E-state index < -0.39 is 5.97 Å². The summed E-state index contributed by atoms with van der Waals surface area (Å²) in [7, 11) is 0. The van der Waals surface area contributed by atoms with E-state index in [1.807, 2.05) is 0 Å². The number of carbonyl (C=O) groups is 2. The van der Waals surface area contributed by atoms with E-state index in [0.29, 0.717) is 25.5 Å². The van der Waals surface area contributed by atoms with Crippen LogP contribution in [0.3, 0.4) is 0 Å². The molecule has 0 aliphatic rings. The topological polar surface area (TPSA) is 88.5 Å². The maximum Gasteiger partial charge on any atom is 0.337 e. The molecule has 0 atom stereocenters. The summed E-state index contributed by atoms with van der Waals surface area (Å²) in [4.78, 5) is 25.0. The molecule has 2 N–H and O–H groups in total. The highest BCUT2D eigenvalue weighted by atomic mass is 16.5. The molecule has 6 heteroatoms. The maximum atomic E-state index is 10.6. The molecule has 0 radical (unpaired) electrons. The Labute approximate surface area is 98.6 Å². The van der Waals surface area contributed by atoms with Crippen molar-refractivity contribution in [2.75, 3.05) is 13.2 Å². The highest BCUT2D eigenvalue weighted by Crippen LogP contribution is 2.07. The van der Waals surface area contributed by atoms with Crippen LogP contribution in [0, 0.1) is 0 Å². The second-order valence-electron chi connectivity index (χ2n) is 3.38. The van der Waals surface area contributed by atoms with Crippen molar-refractivity contribution >= 4 is 11.9 Å². The molecular weight excluding hydrogens is 224 g/mol. The molecule has 0 saturated heterocycles. The van der Waals surface area contributed by atoms with Gasteiger partial charge in [0.2, 0.25) is 11.8 Å². The van der Waals surface area contributed by atoms with Crippen LogP contribution in [0.15, 0.2) is 18.3 Å². The molecular formula is C11H14N2O4. The molecule has 1 aromatic heterocycles. The first-order valence-corrected chi connectivity index (χ1v) is 5.16. The molecule has 0 aliphatic heterocycles. The van der Waals surface area contributed by atoms with Crippen LogP contribution in [-0.2, 0) is 4.79 Å². The fraction of sp³-hybridized carbons (Fsp3) is 0.364. The van der Waals surface area contributed by atoms with E-state index in [-0.39, 0.29) is 11.5 Å². The lowest BCUT2D eigenvalue weighted by Gasteiger charge is -2.05. The maximum absolute atomic E-state index is 10.6. The van der Waals surface area contributed by atoms with Crippen LogP contribution < -0.4 is 10.1 Å². The van der Waals surface area contributed by atoms with Gasteiger partial charge in [-0.1, -0.05) is 0 Å². The first-order chi connectivity index (χ1) is 8.09. The van der Waals surface area contributed by atoms with Crippen molar-refractivity contribution in [1.29, 1.82) is 0 Å². The van der Waals surface area contributed by atoms with Crippen molar-refractivity contribution in [2.24, 2.45) is 0 Å². The van der Waals surface area contributed by atoms with Crippen LogP contribution in [0.5, 0.6) is 5.88 Å². The number of hydrogen-bond acceptors (Lipinski definition) is 4. The molecule has 0 aliphatic carbocycles. The van der Waals surface area contributed by atoms with Gasteiger partial charge >= 0.3 is 5.97 Å². The molecule has 6 nitrogen and oxygen atoms in total. The van der Waals surface area contributed by atoms with Crippen LogP contribution in [-0.4, -0.2) is 35.1 Å². The Hall–Kier alpha value is -2.11. The van der Waals surface area contributed by atoms with Crippen molar-refractivity contribution in [1.82, 2.24) is 10.3 Å². The van der Waals surface area contributed by atoms with Crippen molar-refractivity contribution in [3.05, 3.63) is 23.9 Å². The molecule has 17 heavy (non-hydrogen) atoms. The van der Waals surface area contributed by atoms with Gasteiger partial charge in [-0.2, -0.15) is 0 Å². The van der Waals surface area contributed by atoms with Crippen LogP contribution in [0.4, 0.5) is 0 Å². The summed E-state index contributed by atoms with van der Waals surface area (Å²) in [5.74, 6) is -0.721. The number of aromatic carboxylic acids is 1. The van der Waals surface area contributed by atoms with E-state index in [4.69, 9.17) is 9.84 Å². The molecule has 1 aromatic rings. The third-order valence-corrected chi connectivity index (χ3v) is 1.93. The highest BCUT2D eigenvalue weighted by Gasteiger charge is 2.03. The van der Waals surface area contributed by atoms with Gasteiger partial charge in [0.1, 0.15) is 0 Å². The van der Waals surface area contributed by atoms with Gasteiger partial charge in [0.25, 0.3) is 0 Å². The first kappa shape index (κ1) is 13.0. The zero-order chi connectivity index (χ0) is 12.7. The number of carboxylic acid groups (broad SMARTS) is 1. The van der Waals surface area contributed by atoms with Gasteiger partial charge in [-0.3, -0.25) is 4.79 Å². The standard InChI is InChI=1S/C11H14N2O4/c1-8(14)12-5-2-6-17-10-4-3-9(7-13-10)11(15)16/h3-4,7H,2,5-6H2,1H3,(H,12,14)(H,15,16). The van der Waals surface area contributed by atoms with E-state index in [2.05, 4.69) is 10.3 Å². The number of carboxylic acids is 1. The van der Waals surface area contributed by atoms with Crippen molar-refractivity contribution in [3.63, 3.8) is 0 Å². The summed E-state index contributed by atoms with van der Waals surface area (Å²) in [5, 5.41) is 11.3. The fourth-order valence-electron chi connectivity index (χ4n) is 1.11. The van der Waals surface area contributed by atoms with Crippen LogP contribution in [0.25, 0.3) is 0 Å². The number of nitrogens with zero attached hydrogens (tertiary/aromatic N) is 1. The van der Waals surface area contributed by atoms with Gasteiger partial charge in [0.15, 0.2) is 0 Å². The molecule has 0 unspecified atom stereocenters. The van der Waals surface area contributed by atoms with E-state index in [0.717, 1.165) is 0 Å². The number of pyridine rings is 1. The van der Waals surface area contributed by atoms with E-state index in [1.54, 1.807) is 0 Å². The predicted molar refractivity (Wildman–Crippen MR) is 60.0 cm³/mol. The molecule has 1 heterocycles. The lowest BCUT2D eigenvalue weighted by Crippen LogP contribution is -2.22. The minimum Gasteiger partial charge on any atom is -0.478 e. The Morgan fingerprint density at radius 2 is 2.24 bits per heavy atom. The van der Waals surface area contributed by atoms with Gasteiger partial charge in [-0.25, -0.2) is 9.78 Å². The average molecular weight is 238 g/mol. The van der Waals surface area contributed by atoms with Gasteiger partial charge < -0.3 is 15.2 Å². The van der Waals surface area contributed by atoms with E-state index in [9.17, 15) is 9.59 Å². The van der Waals surface area contributed by atoms with E-state index in [1.165, 1.54) is 25.3 Å². The first-order valence-electron chi connectivity index (χ1n) is 5.16. The molecule has 0 bridgehead atoms. The molecule has 92 valence electrons.